The lowest BCUT2D eigenvalue weighted by molar-refractivity contribution is -0.115. The number of rotatable bonds is 5. The lowest BCUT2D eigenvalue weighted by Crippen LogP contribution is -2.14. The zero-order chi connectivity index (χ0) is 14.5. The van der Waals surface area contributed by atoms with E-state index in [9.17, 15) is 4.79 Å². The van der Waals surface area contributed by atoms with Crippen LogP contribution in [0.4, 0.5) is 5.69 Å². The Kier molecular flexibility index (Phi) is 4.55. The summed E-state index contributed by atoms with van der Waals surface area (Å²) in [6.45, 7) is 0. The van der Waals surface area contributed by atoms with Gasteiger partial charge < -0.3 is 10.1 Å². The van der Waals surface area contributed by atoms with Crippen molar-refractivity contribution >= 4 is 22.9 Å². The first-order valence-electron chi connectivity index (χ1n) is 7.38. The van der Waals surface area contributed by atoms with Crippen LogP contribution in [0.3, 0.4) is 0 Å². The summed E-state index contributed by atoms with van der Waals surface area (Å²) in [4.78, 5) is 13.0. The van der Waals surface area contributed by atoms with Crippen molar-refractivity contribution in [3.8, 4) is 5.75 Å². The Morgan fingerprint density at radius 2 is 1.95 bits per heavy atom. The van der Waals surface area contributed by atoms with Gasteiger partial charge in [0.05, 0.1) is 12.5 Å². The number of amides is 1. The van der Waals surface area contributed by atoms with Crippen LogP contribution in [0.2, 0.25) is 0 Å². The van der Waals surface area contributed by atoms with Gasteiger partial charge in [0, 0.05) is 10.6 Å². The Balaban J connectivity index is 1.52. The van der Waals surface area contributed by atoms with Gasteiger partial charge in [0.25, 0.3) is 0 Å². The van der Waals surface area contributed by atoms with Crippen LogP contribution in [0.15, 0.2) is 41.8 Å². The van der Waals surface area contributed by atoms with Gasteiger partial charge in [0.15, 0.2) is 0 Å². The van der Waals surface area contributed by atoms with Gasteiger partial charge in [-0.2, -0.15) is 0 Å². The SMILES string of the molecule is O=C(Cc1cccs1)Nc1ccc(OC2CCCC2)cc1. The Bertz CT molecular complexity index is 571. The summed E-state index contributed by atoms with van der Waals surface area (Å²) in [5, 5.41) is 4.90. The van der Waals surface area contributed by atoms with Crippen LogP contribution < -0.4 is 10.1 Å². The molecule has 0 unspecified atom stereocenters. The van der Waals surface area contributed by atoms with Gasteiger partial charge >= 0.3 is 0 Å². The number of ether oxygens (including phenoxy) is 1. The molecule has 1 aliphatic carbocycles. The number of thiophene rings is 1. The van der Waals surface area contributed by atoms with E-state index in [0.29, 0.717) is 12.5 Å². The van der Waals surface area contributed by atoms with Crippen molar-refractivity contribution < 1.29 is 9.53 Å². The van der Waals surface area contributed by atoms with Crippen molar-refractivity contribution in [2.45, 2.75) is 38.2 Å². The Morgan fingerprint density at radius 3 is 2.62 bits per heavy atom. The number of nitrogens with one attached hydrogen (secondary N) is 1. The third-order valence-corrected chi connectivity index (χ3v) is 4.53. The molecular formula is C17H19NO2S. The lowest BCUT2D eigenvalue weighted by atomic mass is 10.2. The standard InChI is InChI=1S/C17H19NO2S/c19-17(12-16-6-3-11-21-16)18-13-7-9-15(10-8-13)20-14-4-1-2-5-14/h3,6-11,14H,1-2,4-5,12H2,(H,18,19). The first-order chi connectivity index (χ1) is 10.3. The molecule has 1 aromatic heterocycles. The second-order valence-corrected chi connectivity index (χ2v) is 6.39. The molecule has 3 nitrogen and oxygen atoms in total. The fourth-order valence-electron chi connectivity index (χ4n) is 2.59. The van der Waals surface area contributed by atoms with Crippen molar-refractivity contribution in [1.82, 2.24) is 0 Å². The van der Waals surface area contributed by atoms with Crippen LogP contribution in [0.25, 0.3) is 0 Å². The maximum atomic E-state index is 11.9. The van der Waals surface area contributed by atoms with E-state index in [2.05, 4.69) is 5.32 Å². The molecule has 0 atom stereocenters. The fourth-order valence-corrected chi connectivity index (χ4v) is 3.30. The van der Waals surface area contributed by atoms with Crippen LogP contribution >= 0.6 is 11.3 Å². The zero-order valence-electron chi connectivity index (χ0n) is 11.9. The molecule has 1 amide bonds. The summed E-state index contributed by atoms with van der Waals surface area (Å²) in [6, 6.07) is 11.6. The van der Waals surface area contributed by atoms with Crippen LogP contribution in [0.5, 0.6) is 5.75 Å². The topological polar surface area (TPSA) is 38.3 Å². The molecule has 2 aromatic rings. The second-order valence-electron chi connectivity index (χ2n) is 5.35. The van der Waals surface area contributed by atoms with Gasteiger partial charge in [-0.05, 0) is 61.4 Å². The molecular weight excluding hydrogens is 282 g/mol. The highest BCUT2D eigenvalue weighted by molar-refractivity contribution is 7.10. The highest BCUT2D eigenvalue weighted by atomic mass is 32.1. The van der Waals surface area contributed by atoms with E-state index in [1.807, 2.05) is 41.8 Å². The van der Waals surface area contributed by atoms with E-state index in [4.69, 9.17) is 4.74 Å². The van der Waals surface area contributed by atoms with Crippen molar-refractivity contribution in [2.24, 2.45) is 0 Å². The number of hydrogen-bond donors (Lipinski definition) is 1. The average Bonchev–Trinajstić information content (AvgIpc) is 3.14. The molecule has 1 aromatic carbocycles. The van der Waals surface area contributed by atoms with Gasteiger partial charge in [-0.25, -0.2) is 0 Å². The molecule has 0 saturated heterocycles. The van der Waals surface area contributed by atoms with Gasteiger partial charge in [0.1, 0.15) is 5.75 Å². The van der Waals surface area contributed by atoms with E-state index in [-0.39, 0.29) is 5.91 Å². The third kappa shape index (κ3) is 4.08. The molecule has 1 fully saturated rings. The molecule has 1 aliphatic rings. The van der Waals surface area contributed by atoms with Gasteiger partial charge in [-0.3, -0.25) is 4.79 Å². The minimum atomic E-state index is 0.0157. The Labute approximate surface area is 129 Å². The molecule has 1 heterocycles. The minimum absolute atomic E-state index is 0.0157. The number of benzene rings is 1. The highest BCUT2D eigenvalue weighted by Gasteiger charge is 2.16. The predicted molar refractivity (Wildman–Crippen MR) is 86.0 cm³/mol. The third-order valence-electron chi connectivity index (χ3n) is 3.66. The molecule has 0 radical (unpaired) electrons. The van der Waals surface area contributed by atoms with Gasteiger partial charge in [0.2, 0.25) is 5.91 Å². The normalized spacial score (nSPS) is 15.0. The van der Waals surface area contributed by atoms with Crippen molar-refractivity contribution in [3.05, 3.63) is 46.7 Å². The summed E-state index contributed by atoms with van der Waals surface area (Å²) in [5.41, 5.74) is 0.815. The second kappa shape index (κ2) is 6.76. The van der Waals surface area contributed by atoms with E-state index < -0.39 is 0 Å². The number of hydrogen-bond acceptors (Lipinski definition) is 3. The van der Waals surface area contributed by atoms with E-state index in [0.717, 1.165) is 29.2 Å². The van der Waals surface area contributed by atoms with E-state index in [1.54, 1.807) is 11.3 Å². The molecule has 1 N–H and O–H groups in total. The van der Waals surface area contributed by atoms with Crippen LogP contribution in [-0.2, 0) is 11.2 Å². The largest absolute Gasteiger partial charge is 0.490 e. The molecule has 21 heavy (non-hydrogen) atoms. The summed E-state index contributed by atoms with van der Waals surface area (Å²) < 4.78 is 5.91. The molecule has 0 bridgehead atoms. The average molecular weight is 301 g/mol. The number of carbonyl (C=O) groups is 1. The van der Waals surface area contributed by atoms with E-state index in [1.165, 1.54) is 12.8 Å². The molecule has 4 heteroatoms. The summed E-state index contributed by atoms with van der Waals surface area (Å²) in [5.74, 6) is 0.903. The van der Waals surface area contributed by atoms with Crippen LogP contribution in [-0.4, -0.2) is 12.0 Å². The monoisotopic (exact) mass is 301 g/mol. The molecule has 110 valence electrons. The van der Waals surface area contributed by atoms with Gasteiger partial charge in [-0.15, -0.1) is 11.3 Å². The molecule has 3 rings (SSSR count). The Hall–Kier alpha value is -1.81. The predicted octanol–water partition coefficient (Wildman–Crippen LogP) is 4.25. The minimum Gasteiger partial charge on any atom is -0.490 e. The first-order valence-corrected chi connectivity index (χ1v) is 8.26. The Morgan fingerprint density at radius 1 is 1.19 bits per heavy atom. The smallest absolute Gasteiger partial charge is 0.229 e. The van der Waals surface area contributed by atoms with Crippen molar-refractivity contribution in [2.75, 3.05) is 5.32 Å². The molecule has 0 aliphatic heterocycles. The van der Waals surface area contributed by atoms with Gasteiger partial charge in [-0.1, -0.05) is 6.07 Å². The number of carbonyl (C=O) groups excluding carboxylic acids is 1. The first kappa shape index (κ1) is 14.1. The quantitative estimate of drug-likeness (QED) is 0.896. The zero-order valence-corrected chi connectivity index (χ0v) is 12.7. The van der Waals surface area contributed by atoms with Crippen molar-refractivity contribution in [1.29, 1.82) is 0 Å². The molecule has 1 saturated carbocycles. The summed E-state index contributed by atoms with van der Waals surface area (Å²) in [6.07, 6.45) is 5.63. The maximum absolute atomic E-state index is 11.9. The van der Waals surface area contributed by atoms with Crippen molar-refractivity contribution in [3.63, 3.8) is 0 Å². The van der Waals surface area contributed by atoms with E-state index >= 15 is 0 Å². The lowest BCUT2D eigenvalue weighted by Gasteiger charge is -2.13. The maximum Gasteiger partial charge on any atom is 0.229 e. The summed E-state index contributed by atoms with van der Waals surface area (Å²) in [7, 11) is 0. The molecule has 0 spiro atoms. The summed E-state index contributed by atoms with van der Waals surface area (Å²) >= 11 is 1.60. The fraction of sp³-hybridized carbons (Fsp3) is 0.353. The number of anilines is 1. The van der Waals surface area contributed by atoms with Crippen LogP contribution in [0.1, 0.15) is 30.6 Å². The highest BCUT2D eigenvalue weighted by Crippen LogP contribution is 2.25. The van der Waals surface area contributed by atoms with Crippen LogP contribution in [0, 0.1) is 0 Å².